The molecule has 10 N–H and O–H groups in total. The molecule has 0 fully saturated rings. The van der Waals surface area contributed by atoms with E-state index >= 15 is 0 Å². The van der Waals surface area contributed by atoms with E-state index in [1.807, 2.05) is 37.3 Å². The summed E-state index contributed by atoms with van der Waals surface area (Å²) in [7, 11) is 0. The summed E-state index contributed by atoms with van der Waals surface area (Å²) in [5, 5.41) is 26.1. The zero-order valence-corrected chi connectivity index (χ0v) is 49.5. The highest BCUT2D eigenvalue weighted by molar-refractivity contribution is 6.12. The van der Waals surface area contributed by atoms with Gasteiger partial charge in [-0.3, -0.25) is 38.8 Å². The van der Waals surface area contributed by atoms with E-state index in [4.69, 9.17) is 49.1 Å². The van der Waals surface area contributed by atoms with Gasteiger partial charge in [0.25, 0.3) is 11.8 Å². The number of imide groups is 1. The first-order valence-electron chi connectivity index (χ1n) is 28.8. The standard InChI is InChI=1S/C61H73N13O15/c1-38(2)54(73-51(75)20-24-84-27-29-86-31-32-87-30-28-85-26-23-74-52(76)18-19-53(74)77)58(79)70-48(11-6-21-63-60(62)82)57(78)68-42-14-12-40(13-15-42)37-89-61(83)64-22-25-88-44-34-49-45(66-35-44)16-17-47(69-49)56-55(46-10-4-7-39(3)67-46)71-50(72-56)36-65-43-9-5-8-41(33-43)59(80)81/h4-5,7-10,12-19,33-35,38,48,54,65H,6,11,20-32,36-37H2,1-3H3,(H,64,83)(H,68,78)(H,70,79)(H,71,72)(H,73,75)(H,80,81)(H3,62,63,82)/t48-,54?/m0/s1. The van der Waals surface area contributed by atoms with Crippen molar-refractivity contribution in [1.82, 2.24) is 51.1 Å². The van der Waals surface area contributed by atoms with Crippen molar-refractivity contribution < 1.29 is 71.9 Å². The Bertz CT molecular complexity index is 3420. The van der Waals surface area contributed by atoms with E-state index in [0.717, 1.165) is 10.6 Å². The number of carbonyl (C=O) groups is 8. The van der Waals surface area contributed by atoms with Crippen molar-refractivity contribution in [2.75, 3.05) is 89.7 Å². The van der Waals surface area contributed by atoms with Crippen LogP contribution in [0.3, 0.4) is 0 Å². The number of carboxylic acid groups (broad SMARTS) is 1. The topological polar surface area (TPSA) is 381 Å². The van der Waals surface area contributed by atoms with Gasteiger partial charge in [0, 0.05) is 48.3 Å². The number of nitrogens with zero attached hydrogens (tertiary/aromatic N) is 5. The molecule has 0 spiro atoms. The average molecular weight is 1230 g/mol. The summed E-state index contributed by atoms with van der Waals surface area (Å²) in [4.78, 5) is 122. The van der Waals surface area contributed by atoms with Crippen molar-refractivity contribution in [3.05, 3.63) is 126 Å². The molecule has 5 heterocycles. The molecular formula is C61H73N13O15. The number of H-pyrrole nitrogens is 1. The maximum atomic E-state index is 13.7. The Morgan fingerprint density at radius 1 is 0.708 bits per heavy atom. The lowest BCUT2D eigenvalue weighted by molar-refractivity contribution is -0.137. The Labute approximate surface area is 512 Å². The summed E-state index contributed by atoms with van der Waals surface area (Å²) in [6, 6.07) is 21.2. The van der Waals surface area contributed by atoms with Gasteiger partial charge >= 0.3 is 18.1 Å². The number of ether oxygens (including phenoxy) is 6. The second-order valence-corrected chi connectivity index (χ2v) is 20.4. The molecule has 0 saturated carbocycles. The van der Waals surface area contributed by atoms with Gasteiger partial charge in [-0.15, -0.1) is 0 Å². The fourth-order valence-corrected chi connectivity index (χ4v) is 8.70. The van der Waals surface area contributed by atoms with Gasteiger partial charge in [0.1, 0.15) is 42.6 Å². The van der Waals surface area contributed by atoms with E-state index < -0.39 is 47.9 Å². The first kappa shape index (κ1) is 66.6. The monoisotopic (exact) mass is 1230 g/mol. The minimum atomic E-state index is -1.08. The maximum Gasteiger partial charge on any atom is 0.407 e. The number of fused-ring (bicyclic) bond motifs is 1. The molecule has 2 aromatic carbocycles. The Morgan fingerprint density at radius 3 is 2.11 bits per heavy atom. The number of alkyl carbamates (subject to hydrolysis) is 1. The number of hydrogen-bond acceptors (Lipinski definition) is 19. The van der Waals surface area contributed by atoms with Crippen LogP contribution in [0.25, 0.3) is 33.8 Å². The quantitative estimate of drug-likeness (QED) is 0.0193. The number of nitrogens with two attached hydrogens (primary N) is 1. The molecule has 89 heavy (non-hydrogen) atoms. The van der Waals surface area contributed by atoms with Crippen molar-refractivity contribution >= 4 is 70.0 Å². The molecule has 0 saturated heterocycles. The van der Waals surface area contributed by atoms with E-state index in [0.29, 0.717) is 82.1 Å². The molecule has 2 atom stereocenters. The van der Waals surface area contributed by atoms with E-state index in [9.17, 15) is 43.5 Å². The minimum Gasteiger partial charge on any atom is -0.490 e. The number of amides is 8. The smallest absolute Gasteiger partial charge is 0.407 e. The first-order chi connectivity index (χ1) is 43.0. The Kier molecular flexibility index (Phi) is 25.8. The highest BCUT2D eigenvalue weighted by Crippen LogP contribution is 2.30. The Hall–Kier alpha value is -9.90. The molecule has 0 bridgehead atoms. The number of rotatable bonds is 37. The number of carbonyl (C=O) groups excluding carboxylic acids is 7. The minimum absolute atomic E-state index is 0.0446. The molecular weight excluding hydrogens is 1150 g/mol. The summed E-state index contributed by atoms with van der Waals surface area (Å²) in [6.45, 7) is 7.94. The van der Waals surface area contributed by atoms with E-state index in [2.05, 4.69) is 41.9 Å². The molecule has 472 valence electrons. The summed E-state index contributed by atoms with van der Waals surface area (Å²) in [6.07, 6.45) is 3.64. The van der Waals surface area contributed by atoms with Crippen LogP contribution >= 0.6 is 0 Å². The van der Waals surface area contributed by atoms with Gasteiger partial charge in [0.15, 0.2) is 0 Å². The summed E-state index contributed by atoms with van der Waals surface area (Å²) in [5.41, 5.74) is 11.3. The number of imidazole rings is 1. The normalized spacial score (nSPS) is 12.6. The molecule has 4 aromatic heterocycles. The van der Waals surface area contributed by atoms with Gasteiger partial charge < -0.3 is 76.1 Å². The third-order valence-corrected chi connectivity index (χ3v) is 13.3. The van der Waals surface area contributed by atoms with Crippen LogP contribution in [0.1, 0.15) is 60.5 Å². The molecule has 28 nitrogen and oxygen atoms in total. The van der Waals surface area contributed by atoms with E-state index in [1.165, 1.54) is 18.2 Å². The van der Waals surface area contributed by atoms with Crippen LogP contribution in [0.2, 0.25) is 0 Å². The van der Waals surface area contributed by atoms with E-state index in [1.54, 1.807) is 68.6 Å². The fraction of sp³-hybridized carbons (Fsp3) is 0.377. The number of aromatic nitrogens is 5. The first-order valence-corrected chi connectivity index (χ1v) is 28.8. The van der Waals surface area contributed by atoms with Crippen molar-refractivity contribution in [3.8, 4) is 28.5 Å². The van der Waals surface area contributed by atoms with Gasteiger partial charge in [0.2, 0.25) is 17.7 Å². The van der Waals surface area contributed by atoms with Crippen molar-refractivity contribution in [2.45, 2.75) is 65.3 Å². The van der Waals surface area contributed by atoms with Gasteiger partial charge in [0.05, 0.1) is 112 Å². The van der Waals surface area contributed by atoms with Crippen LogP contribution in [-0.4, -0.2) is 174 Å². The predicted octanol–water partition coefficient (Wildman–Crippen LogP) is 4.40. The fourth-order valence-electron chi connectivity index (χ4n) is 8.70. The number of primary amides is 1. The summed E-state index contributed by atoms with van der Waals surface area (Å²) < 4.78 is 33.2. The largest absolute Gasteiger partial charge is 0.490 e. The van der Waals surface area contributed by atoms with Crippen LogP contribution in [0, 0.1) is 12.8 Å². The number of anilines is 2. The van der Waals surface area contributed by atoms with Crippen molar-refractivity contribution in [2.24, 2.45) is 11.7 Å². The lowest BCUT2D eigenvalue weighted by Crippen LogP contribution is -2.54. The SMILES string of the molecule is Cc1cccc(-c2nc(CNc3cccc(C(=O)O)c3)[nH]c2-c2ccc3ncc(OCCNC(=O)OCc4ccc(NC(=O)[C@H](CCCNC(N)=O)NC(=O)C(NC(=O)CCOCCOCCOCCOCCN5C(=O)C=CC5=O)C(C)C)cc4)cc3n2)n1. The van der Waals surface area contributed by atoms with Gasteiger partial charge in [-0.2, -0.15) is 0 Å². The number of benzene rings is 2. The van der Waals surface area contributed by atoms with Crippen molar-refractivity contribution in [3.63, 3.8) is 0 Å². The number of nitrogens with one attached hydrogen (secondary N) is 7. The second-order valence-electron chi connectivity index (χ2n) is 20.4. The van der Waals surface area contributed by atoms with Crippen LogP contribution in [-0.2, 0) is 60.8 Å². The highest BCUT2D eigenvalue weighted by Gasteiger charge is 2.29. The number of urea groups is 1. The molecule has 28 heteroatoms. The third kappa shape index (κ3) is 21.8. The number of carboxylic acids is 1. The number of aromatic carboxylic acids is 1. The Balaban J connectivity index is 0.811. The lowest BCUT2D eigenvalue weighted by Gasteiger charge is -2.25. The highest BCUT2D eigenvalue weighted by atomic mass is 16.6. The molecule has 7 rings (SSSR count). The lowest BCUT2D eigenvalue weighted by atomic mass is 10.0. The van der Waals surface area contributed by atoms with Crippen molar-refractivity contribution in [1.29, 1.82) is 0 Å². The molecule has 6 aromatic rings. The molecule has 8 amide bonds. The van der Waals surface area contributed by atoms with Gasteiger partial charge in [-0.1, -0.05) is 38.1 Å². The average Bonchev–Trinajstić information content (AvgIpc) is 2.18. The van der Waals surface area contributed by atoms with Gasteiger partial charge in [-0.25, -0.2) is 24.4 Å². The molecule has 0 aliphatic carbocycles. The number of pyridine rings is 3. The second kappa shape index (κ2) is 34.4. The van der Waals surface area contributed by atoms with E-state index in [-0.39, 0.29) is 115 Å². The number of aryl methyl sites for hydroxylation is 1. The van der Waals surface area contributed by atoms with Crippen LogP contribution in [0.15, 0.2) is 103 Å². The predicted molar refractivity (Wildman–Crippen MR) is 324 cm³/mol. The molecule has 1 unspecified atom stereocenters. The zero-order valence-electron chi connectivity index (χ0n) is 49.5. The summed E-state index contributed by atoms with van der Waals surface area (Å²) in [5.74, 6) is -2.73. The Morgan fingerprint density at radius 2 is 1.42 bits per heavy atom. The summed E-state index contributed by atoms with van der Waals surface area (Å²) >= 11 is 0. The number of aromatic amines is 1. The van der Waals surface area contributed by atoms with Crippen LogP contribution in [0.4, 0.5) is 21.0 Å². The van der Waals surface area contributed by atoms with Gasteiger partial charge in [-0.05, 0) is 85.8 Å². The molecule has 0 radical (unpaired) electrons. The van der Waals surface area contributed by atoms with Crippen LogP contribution in [0.5, 0.6) is 5.75 Å². The number of hydrogen-bond donors (Lipinski definition) is 9. The van der Waals surface area contributed by atoms with Crippen LogP contribution < -0.4 is 42.4 Å². The zero-order chi connectivity index (χ0) is 63.5. The maximum absolute atomic E-state index is 13.7. The third-order valence-electron chi connectivity index (χ3n) is 13.3. The molecule has 1 aliphatic rings. The molecule has 1 aliphatic heterocycles.